The van der Waals surface area contributed by atoms with E-state index in [1.165, 1.54) is 0 Å². The molecule has 27 heavy (non-hydrogen) atoms. The third-order valence-corrected chi connectivity index (χ3v) is 4.75. The summed E-state index contributed by atoms with van der Waals surface area (Å²) in [5.74, 6) is -3.55. The smallest absolute Gasteiger partial charge is 0.253 e. The largest absolute Gasteiger partial charge is 0.338 e. The zero-order valence-corrected chi connectivity index (χ0v) is 15.8. The number of halogens is 4. The highest BCUT2D eigenvalue weighted by atomic mass is 35.5. The minimum Gasteiger partial charge on any atom is -0.338 e. The minimum absolute atomic E-state index is 0. The van der Waals surface area contributed by atoms with Gasteiger partial charge < -0.3 is 10.2 Å². The third-order valence-electron chi connectivity index (χ3n) is 4.75. The van der Waals surface area contributed by atoms with Crippen molar-refractivity contribution in [1.29, 1.82) is 0 Å². The number of nitrogens with zero attached hydrogens (tertiary/aromatic N) is 1. The van der Waals surface area contributed by atoms with E-state index < -0.39 is 17.5 Å². The second kappa shape index (κ2) is 9.24. The van der Waals surface area contributed by atoms with Gasteiger partial charge in [0.05, 0.1) is 0 Å². The highest BCUT2D eigenvalue weighted by Gasteiger charge is 2.24. The van der Waals surface area contributed by atoms with Gasteiger partial charge in [-0.3, -0.25) is 4.79 Å². The molecule has 1 aliphatic heterocycles. The normalized spacial score (nSPS) is 16.7. The molecule has 7 heteroatoms. The predicted molar refractivity (Wildman–Crippen MR) is 102 cm³/mol. The first-order chi connectivity index (χ1) is 12.5. The molecule has 146 valence electrons. The Hall–Kier alpha value is -2.05. The Morgan fingerprint density at radius 3 is 2.33 bits per heavy atom. The minimum atomic E-state index is -1.48. The third kappa shape index (κ3) is 4.82. The van der Waals surface area contributed by atoms with Crippen molar-refractivity contribution in [1.82, 2.24) is 10.2 Å². The summed E-state index contributed by atoms with van der Waals surface area (Å²) in [5, 5.41) is 3.15. The fourth-order valence-corrected chi connectivity index (χ4v) is 3.41. The van der Waals surface area contributed by atoms with E-state index in [2.05, 4.69) is 5.32 Å². The highest BCUT2D eigenvalue weighted by molar-refractivity contribution is 5.94. The van der Waals surface area contributed by atoms with Crippen LogP contribution in [0, 0.1) is 23.4 Å². The molecule has 0 spiro atoms. The lowest BCUT2D eigenvalue weighted by atomic mass is 9.97. The molecule has 3 nitrogen and oxygen atoms in total. The lowest BCUT2D eigenvalue weighted by Gasteiger charge is -2.32. The number of amides is 1. The Morgan fingerprint density at radius 1 is 1.11 bits per heavy atom. The number of carbonyl (C=O) groups is 1. The van der Waals surface area contributed by atoms with Gasteiger partial charge in [-0.2, -0.15) is 0 Å². The van der Waals surface area contributed by atoms with Gasteiger partial charge in [-0.25, -0.2) is 13.2 Å². The van der Waals surface area contributed by atoms with E-state index in [-0.39, 0.29) is 23.9 Å². The van der Waals surface area contributed by atoms with Crippen molar-refractivity contribution in [3.63, 3.8) is 0 Å². The van der Waals surface area contributed by atoms with E-state index in [0.29, 0.717) is 17.0 Å². The molecule has 1 amide bonds. The average molecular weight is 399 g/mol. The van der Waals surface area contributed by atoms with Crippen LogP contribution in [0.15, 0.2) is 36.4 Å². The van der Waals surface area contributed by atoms with Crippen molar-refractivity contribution in [3.05, 3.63) is 59.4 Å². The van der Waals surface area contributed by atoms with E-state index >= 15 is 0 Å². The summed E-state index contributed by atoms with van der Waals surface area (Å²) in [6.45, 7) is 2.33. The number of likely N-dealkylation sites (tertiary alicyclic amines) is 1. The molecular weight excluding hydrogens is 377 g/mol. The van der Waals surface area contributed by atoms with Gasteiger partial charge in [0.2, 0.25) is 0 Å². The van der Waals surface area contributed by atoms with E-state index in [1.807, 2.05) is 11.9 Å². The molecular formula is C20H22ClF3N2O. The van der Waals surface area contributed by atoms with E-state index in [9.17, 15) is 18.0 Å². The number of benzene rings is 2. The van der Waals surface area contributed by atoms with Crippen LogP contribution in [0.2, 0.25) is 0 Å². The average Bonchev–Trinajstić information content (AvgIpc) is 2.66. The molecule has 1 atom stereocenters. The van der Waals surface area contributed by atoms with Crippen LogP contribution in [0.1, 0.15) is 23.2 Å². The van der Waals surface area contributed by atoms with Crippen molar-refractivity contribution in [2.75, 3.05) is 26.7 Å². The van der Waals surface area contributed by atoms with E-state index in [1.54, 1.807) is 24.3 Å². The topological polar surface area (TPSA) is 32.3 Å². The summed E-state index contributed by atoms with van der Waals surface area (Å²) in [4.78, 5) is 14.5. The number of rotatable bonds is 4. The van der Waals surface area contributed by atoms with Gasteiger partial charge in [0, 0.05) is 18.7 Å². The van der Waals surface area contributed by atoms with Gasteiger partial charge in [0.25, 0.3) is 5.91 Å². The van der Waals surface area contributed by atoms with Crippen LogP contribution in [0.25, 0.3) is 11.1 Å². The SMILES string of the molecule is CNCC1CCCN(C(=O)c2ccc(-c3cc(F)c(F)c(F)c3)cc2)C1.Cl. The van der Waals surface area contributed by atoms with Crippen LogP contribution < -0.4 is 5.32 Å². The monoisotopic (exact) mass is 398 g/mol. The highest BCUT2D eigenvalue weighted by Crippen LogP contribution is 2.25. The number of piperidine rings is 1. The van der Waals surface area contributed by atoms with Crippen molar-refractivity contribution >= 4 is 18.3 Å². The van der Waals surface area contributed by atoms with Gasteiger partial charge in [0.1, 0.15) is 0 Å². The van der Waals surface area contributed by atoms with Gasteiger partial charge >= 0.3 is 0 Å². The fraction of sp³-hybridized carbons (Fsp3) is 0.350. The van der Waals surface area contributed by atoms with Gasteiger partial charge in [0.15, 0.2) is 17.5 Å². The van der Waals surface area contributed by atoms with Crippen molar-refractivity contribution < 1.29 is 18.0 Å². The number of nitrogens with one attached hydrogen (secondary N) is 1. The van der Waals surface area contributed by atoms with Crippen LogP contribution in [0.5, 0.6) is 0 Å². The molecule has 0 bridgehead atoms. The molecule has 0 saturated carbocycles. The maximum Gasteiger partial charge on any atom is 0.253 e. The van der Waals surface area contributed by atoms with Crippen LogP contribution >= 0.6 is 12.4 Å². The standard InChI is InChI=1S/C20H21F3N2O.ClH/c1-24-11-13-3-2-8-25(12-13)20(26)15-6-4-14(5-7-15)16-9-17(21)19(23)18(22)10-16;/h4-7,9-10,13,24H,2-3,8,11-12H2,1H3;1H. The summed E-state index contributed by atoms with van der Waals surface area (Å²) in [5.41, 5.74) is 1.28. The Morgan fingerprint density at radius 2 is 1.74 bits per heavy atom. The summed E-state index contributed by atoms with van der Waals surface area (Å²) in [6.07, 6.45) is 2.08. The molecule has 0 radical (unpaired) electrons. The molecule has 2 aromatic carbocycles. The quantitative estimate of drug-likeness (QED) is 0.780. The lowest BCUT2D eigenvalue weighted by molar-refractivity contribution is 0.0674. The van der Waals surface area contributed by atoms with Crippen molar-refractivity contribution in [3.8, 4) is 11.1 Å². The Labute approximate surface area is 163 Å². The summed E-state index contributed by atoms with van der Waals surface area (Å²) < 4.78 is 39.9. The lowest BCUT2D eigenvalue weighted by Crippen LogP contribution is -2.42. The summed E-state index contributed by atoms with van der Waals surface area (Å²) >= 11 is 0. The Balaban J connectivity index is 0.00000261. The van der Waals surface area contributed by atoms with E-state index in [4.69, 9.17) is 0 Å². The van der Waals surface area contributed by atoms with E-state index in [0.717, 1.165) is 44.6 Å². The van der Waals surface area contributed by atoms with Crippen LogP contribution in [0.3, 0.4) is 0 Å². The molecule has 0 aromatic heterocycles. The molecule has 1 fully saturated rings. The molecule has 1 N–H and O–H groups in total. The van der Waals surface area contributed by atoms with Gasteiger partial charge in [-0.05, 0) is 67.7 Å². The number of hydrogen-bond donors (Lipinski definition) is 1. The predicted octanol–water partition coefficient (Wildman–Crippen LogP) is 4.26. The molecule has 0 aliphatic carbocycles. The molecule has 1 saturated heterocycles. The Bertz CT molecular complexity index is 773. The molecule has 2 aromatic rings. The van der Waals surface area contributed by atoms with Crippen LogP contribution in [-0.4, -0.2) is 37.5 Å². The first-order valence-electron chi connectivity index (χ1n) is 8.68. The second-order valence-electron chi connectivity index (χ2n) is 6.65. The number of carbonyl (C=O) groups excluding carboxylic acids is 1. The second-order valence-corrected chi connectivity index (χ2v) is 6.65. The zero-order valence-electron chi connectivity index (χ0n) is 15.0. The van der Waals surface area contributed by atoms with Crippen LogP contribution in [-0.2, 0) is 0 Å². The van der Waals surface area contributed by atoms with Gasteiger partial charge in [-0.15, -0.1) is 12.4 Å². The summed E-state index contributed by atoms with van der Waals surface area (Å²) in [6, 6.07) is 8.41. The maximum absolute atomic E-state index is 13.4. The maximum atomic E-state index is 13.4. The molecule has 1 unspecified atom stereocenters. The Kier molecular flexibility index (Phi) is 7.27. The summed E-state index contributed by atoms with van der Waals surface area (Å²) in [7, 11) is 1.90. The van der Waals surface area contributed by atoms with Crippen molar-refractivity contribution in [2.24, 2.45) is 5.92 Å². The zero-order chi connectivity index (χ0) is 18.7. The molecule has 1 heterocycles. The first kappa shape index (κ1) is 21.3. The van der Waals surface area contributed by atoms with Gasteiger partial charge in [-0.1, -0.05) is 12.1 Å². The molecule has 1 aliphatic rings. The van der Waals surface area contributed by atoms with Crippen LogP contribution in [0.4, 0.5) is 13.2 Å². The molecule has 3 rings (SSSR count). The van der Waals surface area contributed by atoms with Crippen molar-refractivity contribution in [2.45, 2.75) is 12.8 Å². The number of hydrogen-bond acceptors (Lipinski definition) is 2. The first-order valence-corrected chi connectivity index (χ1v) is 8.68. The fourth-order valence-electron chi connectivity index (χ4n) is 3.41.